The van der Waals surface area contributed by atoms with Gasteiger partial charge in [-0.2, -0.15) is 0 Å². The number of aryl methyl sites for hydroxylation is 1. The Morgan fingerprint density at radius 3 is 2.71 bits per heavy atom. The number of phenolic OH excluding ortho intramolecular Hbond substituents is 1. The van der Waals surface area contributed by atoms with Crippen LogP contribution in [0.15, 0.2) is 72.8 Å². The van der Waals surface area contributed by atoms with Crippen LogP contribution in [0, 0.1) is 5.92 Å². The van der Waals surface area contributed by atoms with Gasteiger partial charge in [0, 0.05) is 35.8 Å². The molecule has 45 heavy (non-hydrogen) atoms. The Balaban J connectivity index is 1.16. The smallest absolute Gasteiger partial charge is 0.246 e. The number of nitrogens with zero attached hydrogens (tertiary/aromatic N) is 2. The average Bonchev–Trinajstić information content (AvgIpc) is 3.79. The monoisotopic (exact) mass is 624 g/mol. The number of aliphatic hydroxyl groups is 1. The maximum Gasteiger partial charge on any atom is 0.246 e. The fraction of sp³-hybridized carbons (Fsp3) is 0.447. The second-order valence-corrected chi connectivity index (χ2v) is 14.3. The number of halogens is 1. The molecule has 0 unspecified atom stereocenters. The molecule has 2 N–H and O–H groups in total. The first-order valence-corrected chi connectivity index (χ1v) is 17.0. The van der Waals surface area contributed by atoms with Gasteiger partial charge >= 0.3 is 0 Å². The first kappa shape index (κ1) is 29.1. The largest absolute Gasteiger partial charge is 0.504 e. The summed E-state index contributed by atoms with van der Waals surface area (Å²) in [5, 5.41) is 24.6. The van der Waals surface area contributed by atoms with E-state index in [-0.39, 0.29) is 23.7 Å². The van der Waals surface area contributed by atoms with Crippen LogP contribution in [0.2, 0.25) is 5.02 Å². The lowest BCUT2D eigenvalue weighted by molar-refractivity contribution is -0.201. The van der Waals surface area contributed by atoms with E-state index >= 15 is 0 Å². The Morgan fingerprint density at radius 1 is 1.07 bits per heavy atom. The van der Waals surface area contributed by atoms with Crippen molar-refractivity contribution in [3.63, 3.8) is 0 Å². The van der Waals surface area contributed by atoms with Gasteiger partial charge in [0.25, 0.3) is 0 Å². The van der Waals surface area contributed by atoms with E-state index in [0.29, 0.717) is 30.2 Å². The summed E-state index contributed by atoms with van der Waals surface area (Å²) in [6, 6.07) is 21.4. The normalized spacial score (nSPS) is 29.8. The van der Waals surface area contributed by atoms with Crippen LogP contribution in [0.5, 0.6) is 11.5 Å². The summed E-state index contributed by atoms with van der Waals surface area (Å²) in [5.74, 6) is 1.30. The number of likely N-dealkylation sites (tertiary alicyclic amines) is 1. The van der Waals surface area contributed by atoms with E-state index in [1.807, 2.05) is 47.4 Å². The van der Waals surface area contributed by atoms with E-state index in [9.17, 15) is 15.0 Å². The third-order valence-corrected chi connectivity index (χ3v) is 11.6. The van der Waals surface area contributed by atoms with Crippen molar-refractivity contribution < 1.29 is 19.7 Å². The molecule has 3 aromatic rings. The van der Waals surface area contributed by atoms with Crippen LogP contribution in [0.3, 0.4) is 0 Å². The summed E-state index contributed by atoms with van der Waals surface area (Å²) in [7, 11) is 0. The fourth-order valence-electron chi connectivity index (χ4n) is 9.19. The zero-order valence-electron chi connectivity index (χ0n) is 25.6. The van der Waals surface area contributed by atoms with Crippen LogP contribution in [0.4, 0.5) is 0 Å². The number of rotatable bonds is 9. The second-order valence-electron chi connectivity index (χ2n) is 13.9. The summed E-state index contributed by atoms with van der Waals surface area (Å²) >= 11 is 6.23. The highest BCUT2D eigenvalue weighted by Gasteiger charge is 2.73. The Kier molecular flexibility index (Phi) is 7.23. The number of hydrogen-bond donors (Lipinski definition) is 2. The van der Waals surface area contributed by atoms with Crippen molar-refractivity contribution in [2.45, 2.75) is 80.6 Å². The number of carbonyl (C=O) groups is 1. The first-order chi connectivity index (χ1) is 21.9. The molecule has 2 heterocycles. The highest BCUT2D eigenvalue weighted by atomic mass is 35.5. The number of amides is 1. The van der Waals surface area contributed by atoms with Gasteiger partial charge in [0.1, 0.15) is 6.10 Å². The predicted molar refractivity (Wildman–Crippen MR) is 176 cm³/mol. The summed E-state index contributed by atoms with van der Waals surface area (Å²) in [4.78, 5) is 18.7. The molecule has 2 aliphatic heterocycles. The van der Waals surface area contributed by atoms with E-state index in [2.05, 4.69) is 29.2 Å². The van der Waals surface area contributed by atoms with Gasteiger partial charge in [-0.15, -0.1) is 0 Å². The molecule has 0 radical (unpaired) electrons. The third kappa shape index (κ3) is 4.79. The summed E-state index contributed by atoms with van der Waals surface area (Å²) in [6.07, 6.45) is 10.0. The maximum absolute atomic E-state index is 14.2. The van der Waals surface area contributed by atoms with Gasteiger partial charge in [0.05, 0.1) is 17.1 Å². The fourth-order valence-corrected chi connectivity index (χ4v) is 9.38. The lowest BCUT2D eigenvalue weighted by Gasteiger charge is -2.65. The topological polar surface area (TPSA) is 73.2 Å². The highest BCUT2D eigenvalue weighted by Crippen LogP contribution is 2.66. The summed E-state index contributed by atoms with van der Waals surface area (Å²) in [5.41, 5.74) is 2.62. The molecule has 1 saturated heterocycles. The molecule has 1 amide bonds. The third-order valence-electron chi connectivity index (χ3n) is 11.4. The Hall–Kier alpha value is -3.32. The molecular weight excluding hydrogens is 584 g/mol. The average molecular weight is 625 g/mol. The maximum atomic E-state index is 14.2. The SMILES string of the molecule is O=C(C=Cc1cccc(Cl)c1)N(CCCc1ccccc1)[C@@H]1CC[C@@]2(O)[C@H]3Cc4ccc(O)c5c4[C@@]2(CCN3CC2CC2)[C@H]1O5. The van der Waals surface area contributed by atoms with E-state index in [1.54, 1.807) is 12.1 Å². The van der Waals surface area contributed by atoms with Crippen molar-refractivity contribution in [2.24, 2.45) is 5.92 Å². The molecule has 7 heteroatoms. The van der Waals surface area contributed by atoms with Crippen molar-refractivity contribution in [1.29, 1.82) is 0 Å². The van der Waals surface area contributed by atoms with Crippen molar-refractivity contribution in [3.8, 4) is 11.5 Å². The number of ether oxygens (including phenoxy) is 1. The van der Waals surface area contributed by atoms with Crippen LogP contribution in [-0.2, 0) is 23.1 Å². The van der Waals surface area contributed by atoms with Gasteiger partial charge < -0.3 is 19.8 Å². The van der Waals surface area contributed by atoms with Gasteiger partial charge in [-0.3, -0.25) is 9.69 Å². The quantitative estimate of drug-likeness (QED) is 0.279. The minimum atomic E-state index is -0.983. The first-order valence-electron chi connectivity index (χ1n) is 16.6. The molecule has 3 fully saturated rings. The molecule has 2 bridgehead atoms. The Labute approximate surface area is 270 Å². The van der Waals surface area contributed by atoms with Crippen molar-refractivity contribution in [1.82, 2.24) is 9.80 Å². The minimum Gasteiger partial charge on any atom is -0.504 e. The van der Waals surface area contributed by atoms with Crippen molar-refractivity contribution in [3.05, 3.63) is 100 Å². The zero-order chi connectivity index (χ0) is 30.8. The van der Waals surface area contributed by atoms with Crippen molar-refractivity contribution in [2.75, 3.05) is 19.6 Å². The minimum absolute atomic E-state index is 0.00634. The lowest BCUT2D eigenvalue weighted by atomic mass is 9.48. The molecule has 8 rings (SSSR count). The van der Waals surface area contributed by atoms with Gasteiger partial charge in [-0.05, 0) is 105 Å². The number of hydrogen-bond acceptors (Lipinski definition) is 5. The number of benzene rings is 3. The van der Waals surface area contributed by atoms with Crippen LogP contribution >= 0.6 is 11.6 Å². The second kappa shape index (κ2) is 11.2. The van der Waals surface area contributed by atoms with E-state index in [0.717, 1.165) is 55.8 Å². The van der Waals surface area contributed by atoms with Gasteiger partial charge in [0.2, 0.25) is 5.91 Å². The zero-order valence-corrected chi connectivity index (χ0v) is 26.3. The van der Waals surface area contributed by atoms with Gasteiger partial charge in [-0.1, -0.05) is 60.1 Å². The number of piperidine rings is 1. The molecule has 3 aliphatic carbocycles. The molecule has 5 aliphatic rings. The standard InChI is InChI=1S/C38H41ClN2O4/c39-29-10-4-8-26(22-29)13-16-33(43)41(20-5-9-25-6-2-1-3-7-25)30-17-18-38(44)32-23-28-14-15-31(42)35-34(28)37(38,36(30)45-35)19-21-40(32)24-27-11-12-27/h1-4,6-8,10,13-16,22,27,30,32,36,42,44H,5,9,11-12,17-21,23-24H2/t30-,32-,36+,37+,38-/m1/s1. The number of phenols is 1. The lowest BCUT2D eigenvalue weighted by Crippen LogP contribution is -2.78. The van der Waals surface area contributed by atoms with E-state index < -0.39 is 17.1 Å². The molecule has 234 valence electrons. The summed E-state index contributed by atoms with van der Waals surface area (Å²) in [6.45, 7) is 2.50. The Morgan fingerprint density at radius 2 is 1.91 bits per heavy atom. The highest BCUT2D eigenvalue weighted by molar-refractivity contribution is 6.30. The summed E-state index contributed by atoms with van der Waals surface area (Å²) < 4.78 is 6.83. The van der Waals surface area contributed by atoms with Crippen LogP contribution < -0.4 is 4.74 Å². The van der Waals surface area contributed by atoms with Crippen molar-refractivity contribution >= 4 is 23.6 Å². The number of aromatic hydroxyl groups is 1. The number of carbonyl (C=O) groups excluding carboxylic acids is 1. The molecule has 0 aromatic heterocycles. The Bertz CT molecular complexity index is 1640. The molecule has 3 aromatic carbocycles. The van der Waals surface area contributed by atoms with Crippen LogP contribution in [0.1, 0.15) is 60.8 Å². The molecule has 2 saturated carbocycles. The van der Waals surface area contributed by atoms with Crippen LogP contribution in [0.25, 0.3) is 6.08 Å². The van der Waals surface area contributed by atoms with Gasteiger partial charge in [0.15, 0.2) is 11.5 Å². The molecule has 6 nitrogen and oxygen atoms in total. The predicted octanol–water partition coefficient (Wildman–Crippen LogP) is 6.15. The van der Waals surface area contributed by atoms with E-state index in [1.165, 1.54) is 24.0 Å². The molecule has 1 spiro atoms. The molecule has 5 atom stereocenters. The van der Waals surface area contributed by atoms with Gasteiger partial charge in [-0.25, -0.2) is 0 Å². The van der Waals surface area contributed by atoms with E-state index in [4.69, 9.17) is 16.3 Å². The van der Waals surface area contributed by atoms with Crippen LogP contribution in [-0.4, -0.2) is 69.3 Å². The molecular formula is C38H41ClN2O4.